The average Bonchev–Trinajstić information content (AvgIpc) is 3.00. The molecule has 1 fully saturated rings. The predicted molar refractivity (Wildman–Crippen MR) is 110 cm³/mol. The summed E-state index contributed by atoms with van der Waals surface area (Å²) in [5, 5.41) is 7.84. The first-order chi connectivity index (χ1) is 10.7. The van der Waals surface area contributed by atoms with Crippen LogP contribution in [0.25, 0.3) is 0 Å². The van der Waals surface area contributed by atoms with Gasteiger partial charge in [-0.15, -0.1) is 35.3 Å². The van der Waals surface area contributed by atoms with Gasteiger partial charge in [0.25, 0.3) is 0 Å². The number of piperidine rings is 1. The lowest BCUT2D eigenvalue weighted by Crippen LogP contribution is -2.43. The molecular formula is C16H30IN5S. The summed E-state index contributed by atoms with van der Waals surface area (Å²) in [6, 6.07) is 0. The van der Waals surface area contributed by atoms with Crippen LogP contribution in [0.2, 0.25) is 0 Å². The smallest absolute Gasteiger partial charge is 0.191 e. The number of likely N-dealkylation sites (tertiary alicyclic amines) is 1. The maximum atomic E-state index is 4.42. The van der Waals surface area contributed by atoms with E-state index in [1.54, 1.807) is 11.3 Å². The zero-order valence-electron chi connectivity index (χ0n) is 14.5. The summed E-state index contributed by atoms with van der Waals surface area (Å²) >= 11 is 1.77. The van der Waals surface area contributed by atoms with E-state index in [4.69, 9.17) is 0 Å². The Hall–Kier alpha value is -0.410. The number of nitrogens with zero attached hydrogens (tertiary/aromatic N) is 3. The quantitative estimate of drug-likeness (QED) is 0.397. The minimum absolute atomic E-state index is 0. The Labute approximate surface area is 161 Å². The SMILES string of the molecule is CCc1cnc(CNC(=NC)NCCN2CCC(C)CC2)s1.I. The summed E-state index contributed by atoms with van der Waals surface area (Å²) in [5.41, 5.74) is 0. The fourth-order valence-electron chi connectivity index (χ4n) is 2.59. The number of aromatic nitrogens is 1. The number of halogens is 1. The molecule has 0 unspecified atom stereocenters. The third kappa shape index (κ3) is 7.34. The molecule has 132 valence electrons. The molecule has 1 aromatic heterocycles. The molecule has 1 aromatic rings. The second-order valence-electron chi connectivity index (χ2n) is 5.95. The molecule has 0 atom stereocenters. The van der Waals surface area contributed by atoms with Crippen LogP contribution in [0.15, 0.2) is 11.2 Å². The molecular weight excluding hydrogens is 421 g/mol. The van der Waals surface area contributed by atoms with Crippen LogP contribution in [-0.2, 0) is 13.0 Å². The number of aryl methyl sites for hydroxylation is 1. The summed E-state index contributed by atoms with van der Waals surface area (Å²) in [4.78, 5) is 12.6. The zero-order valence-corrected chi connectivity index (χ0v) is 17.6. The van der Waals surface area contributed by atoms with Gasteiger partial charge in [0.1, 0.15) is 5.01 Å². The van der Waals surface area contributed by atoms with Gasteiger partial charge in [0, 0.05) is 31.2 Å². The first kappa shape index (κ1) is 20.6. The van der Waals surface area contributed by atoms with Crippen molar-refractivity contribution >= 4 is 41.3 Å². The van der Waals surface area contributed by atoms with Gasteiger partial charge in [0.2, 0.25) is 0 Å². The van der Waals surface area contributed by atoms with Crippen molar-refractivity contribution in [3.63, 3.8) is 0 Å². The standard InChI is InChI=1S/C16H29N5S.HI/c1-4-14-11-19-15(22-14)12-20-16(17-3)18-7-10-21-8-5-13(2)6-9-21;/h11,13H,4-10,12H2,1-3H3,(H2,17,18,20);1H. The first-order valence-electron chi connectivity index (χ1n) is 8.31. The minimum atomic E-state index is 0. The van der Waals surface area contributed by atoms with Gasteiger partial charge in [-0.05, 0) is 38.3 Å². The van der Waals surface area contributed by atoms with E-state index in [0.29, 0.717) is 0 Å². The third-order valence-corrected chi connectivity index (χ3v) is 5.32. The van der Waals surface area contributed by atoms with Gasteiger partial charge in [-0.1, -0.05) is 13.8 Å². The predicted octanol–water partition coefficient (Wildman–Crippen LogP) is 2.72. The Morgan fingerprint density at radius 2 is 2.13 bits per heavy atom. The Balaban J connectivity index is 0.00000264. The molecule has 2 rings (SSSR count). The Morgan fingerprint density at radius 3 is 2.74 bits per heavy atom. The van der Waals surface area contributed by atoms with Crippen LogP contribution in [-0.4, -0.2) is 49.1 Å². The van der Waals surface area contributed by atoms with Gasteiger partial charge < -0.3 is 15.5 Å². The monoisotopic (exact) mass is 451 g/mol. The van der Waals surface area contributed by atoms with Gasteiger partial charge in [0.15, 0.2) is 5.96 Å². The van der Waals surface area contributed by atoms with Crippen LogP contribution < -0.4 is 10.6 Å². The van der Waals surface area contributed by atoms with Crippen molar-refractivity contribution in [2.75, 3.05) is 33.2 Å². The summed E-state index contributed by atoms with van der Waals surface area (Å²) in [6.07, 6.45) is 5.68. The second-order valence-corrected chi connectivity index (χ2v) is 7.15. The van der Waals surface area contributed by atoms with Gasteiger partial charge in [-0.25, -0.2) is 4.98 Å². The number of rotatable bonds is 6. The molecule has 1 aliphatic heterocycles. The van der Waals surface area contributed by atoms with Crippen molar-refractivity contribution in [3.8, 4) is 0 Å². The zero-order chi connectivity index (χ0) is 15.8. The van der Waals surface area contributed by atoms with Crippen LogP contribution in [0.3, 0.4) is 0 Å². The molecule has 2 N–H and O–H groups in total. The second kappa shape index (κ2) is 11.2. The molecule has 1 aliphatic rings. The number of nitrogens with one attached hydrogen (secondary N) is 2. The normalized spacial score (nSPS) is 16.9. The fraction of sp³-hybridized carbons (Fsp3) is 0.750. The molecule has 0 amide bonds. The summed E-state index contributed by atoms with van der Waals surface area (Å²) in [5.74, 6) is 1.75. The molecule has 0 aromatic carbocycles. The highest BCUT2D eigenvalue weighted by Gasteiger charge is 2.14. The van der Waals surface area contributed by atoms with Crippen LogP contribution in [0.1, 0.15) is 36.6 Å². The third-order valence-electron chi connectivity index (χ3n) is 4.18. The molecule has 7 heteroatoms. The van der Waals surface area contributed by atoms with Crippen LogP contribution in [0, 0.1) is 5.92 Å². The maximum Gasteiger partial charge on any atom is 0.191 e. The molecule has 0 bridgehead atoms. The van der Waals surface area contributed by atoms with Crippen molar-refractivity contribution in [3.05, 3.63) is 16.1 Å². The van der Waals surface area contributed by atoms with E-state index in [2.05, 4.69) is 39.4 Å². The lowest BCUT2D eigenvalue weighted by molar-refractivity contribution is 0.195. The Morgan fingerprint density at radius 1 is 1.39 bits per heavy atom. The lowest BCUT2D eigenvalue weighted by atomic mass is 9.99. The van der Waals surface area contributed by atoms with Crippen molar-refractivity contribution in [1.82, 2.24) is 20.5 Å². The summed E-state index contributed by atoms with van der Waals surface area (Å²) in [7, 11) is 1.82. The molecule has 2 heterocycles. The molecule has 0 saturated carbocycles. The number of hydrogen-bond acceptors (Lipinski definition) is 4. The van der Waals surface area contributed by atoms with Crippen LogP contribution in [0.4, 0.5) is 0 Å². The average molecular weight is 451 g/mol. The van der Waals surface area contributed by atoms with E-state index in [1.807, 2.05) is 13.2 Å². The summed E-state index contributed by atoms with van der Waals surface area (Å²) < 4.78 is 0. The Bertz CT molecular complexity index is 469. The first-order valence-corrected chi connectivity index (χ1v) is 9.13. The molecule has 5 nitrogen and oxygen atoms in total. The van der Waals surface area contributed by atoms with Gasteiger partial charge in [0.05, 0.1) is 6.54 Å². The minimum Gasteiger partial charge on any atom is -0.355 e. The largest absolute Gasteiger partial charge is 0.355 e. The highest BCUT2D eigenvalue weighted by atomic mass is 127. The van der Waals surface area contributed by atoms with Gasteiger partial charge >= 0.3 is 0 Å². The lowest BCUT2D eigenvalue weighted by Gasteiger charge is -2.30. The molecule has 0 radical (unpaired) electrons. The highest BCUT2D eigenvalue weighted by Crippen LogP contribution is 2.15. The van der Waals surface area contributed by atoms with Crippen molar-refractivity contribution in [1.29, 1.82) is 0 Å². The van der Waals surface area contributed by atoms with Crippen molar-refractivity contribution in [2.24, 2.45) is 10.9 Å². The van der Waals surface area contributed by atoms with E-state index >= 15 is 0 Å². The van der Waals surface area contributed by atoms with Crippen molar-refractivity contribution in [2.45, 2.75) is 39.7 Å². The fourth-order valence-corrected chi connectivity index (χ4v) is 3.39. The topological polar surface area (TPSA) is 52.6 Å². The van der Waals surface area contributed by atoms with E-state index in [9.17, 15) is 0 Å². The van der Waals surface area contributed by atoms with E-state index in [1.165, 1.54) is 30.8 Å². The van der Waals surface area contributed by atoms with Crippen LogP contribution >= 0.6 is 35.3 Å². The number of aliphatic imine (C=N–C) groups is 1. The van der Waals surface area contributed by atoms with Crippen molar-refractivity contribution < 1.29 is 0 Å². The maximum absolute atomic E-state index is 4.42. The van der Waals surface area contributed by atoms with E-state index in [0.717, 1.165) is 42.9 Å². The Kier molecular flexibility index (Phi) is 10.0. The highest BCUT2D eigenvalue weighted by molar-refractivity contribution is 14.0. The summed E-state index contributed by atoms with van der Waals surface area (Å²) in [6.45, 7) is 9.74. The number of thiazole rings is 1. The molecule has 1 saturated heterocycles. The molecule has 0 spiro atoms. The van der Waals surface area contributed by atoms with Gasteiger partial charge in [-0.2, -0.15) is 0 Å². The number of guanidine groups is 1. The van der Waals surface area contributed by atoms with E-state index < -0.39 is 0 Å². The van der Waals surface area contributed by atoms with E-state index in [-0.39, 0.29) is 24.0 Å². The number of hydrogen-bond donors (Lipinski definition) is 2. The van der Waals surface area contributed by atoms with Gasteiger partial charge in [-0.3, -0.25) is 4.99 Å². The molecule has 23 heavy (non-hydrogen) atoms. The van der Waals surface area contributed by atoms with Crippen LogP contribution in [0.5, 0.6) is 0 Å². The molecule has 0 aliphatic carbocycles.